The van der Waals surface area contributed by atoms with Crippen molar-refractivity contribution < 1.29 is 114 Å². The molecule has 0 aliphatic carbocycles. The second kappa shape index (κ2) is 56.8. The van der Waals surface area contributed by atoms with Crippen LogP contribution in [0.5, 0.6) is 5.75 Å². The minimum atomic E-state index is -1.29. The quantitative estimate of drug-likeness (QED) is 0.0222. The second-order valence-electron chi connectivity index (χ2n) is 17.5. The fraction of sp³-hybridized carbons (Fsp3) is 0.630. The molecule has 0 spiro atoms. The standard InChI is InChI=1S/C9H11NO3.C6H14N4O2.C6H14N2O2.2C6H13NO2.C4H7NO4.C4H9NO3.C3H7NO3.C2H5NO2/c10-8(9(12)13)5-6-1-3-7(11)4-2-6;7-4(5(11)12)2-1-3-10-6(8)9;7-4-2-1-3-5(8)6(9)10;2*1-4(2)3-5(7)6(8)9;5-2(4(8)9)1-3(6)7;1-2(6)3(5)4(7)8;4-2(1-5)3(6)7;3-1-2(4)5/h1-4,8,11H,5,10H2,(H,12,13);4H,1-3,7H2,(H,11,12)(H4,8,9,10);5H,1-4,7-8H2,(H,9,10);2*4-5H,3,7H2,1-2H3,(H,8,9);2H,1,5H2,(H,6,7)(H,8,9);2-3,6H,5H2,1H3,(H,7,8);2,5H,1,4H2,(H,6,7);1,3H2,(H,4,5). The Morgan fingerprint density at radius 2 is 0.841 bits per heavy atom. The van der Waals surface area contributed by atoms with Crippen molar-refractivity contribution in [3.8, 4) is 5.75 Å². The van der Waals surface area contributed by atoms with Gasteiger partial charge in [-0.1, -0.05) is 46.2 Å². The van der Waals surface area contributed by atoms with Gasteiger partial charge in [-0.15, -0.1) is 0 Å². The van der Waals surface area contributed by atoms with E-state index in [0.717, 1.165) is 18.4 Å². The predicted molar refractivity (Wildman–Crippen MR) is 295 cm³/mol. The molecule has 0 amide bonds. The molecule has 1 aromatic rings. The van der Waals surface area contributed by atoms with E-state index in [1.807, 2.05) is 27.7 Å². The van der Waals surface area contributed by atoms with Gasteiger partial charge < -0.3 is 135 Å². The molecule has 37 N–H and O–H groups in total. The first kappa shape index (κ1) is 91.0. The number of unbranched alkanes of at least 4 members (excludes halogenated alkanes) is 1. The van der Waals surface area contributed by atoms with E-state index >= 15 is 0 Å². The molecule has 480 valence electrons. The van der Waals surface area contributed by atoms with Crippen molar-refractivity contribution in [1.82, 2.24) is 5.32 Å². The van der Waals surface area contributed by atoms with E-state index in [9.17, 15) is 47.9 Å². The van der Waals surface area contributed by atoms with Crippen molar-refractivity contribution in [1.29, 1.82) is 5.41 Å². The molecular formula is C46H93N13O23. The third-order valence-electron chi connectivity index (χ3n) is 8.61. The van der Waals surface area contributed by atoms with Crippen LogP contribution in [0, 0.1) is 17.2 Å². The molecule has 0 bridgehead atoms. The Morgan fingerprint density at radius 1 is 0.500 bits per heavy atom. The SMILES string of the molecule is CC(C)CC(N)C(=O)O.CC(C)CC(N)C(=O)O.CC(O)C(N)C(=O)O.N=C(N)NCCCC(N)C(=O)O.NC(CC(=O)O)C(=O)O.NC(CO)C(=O)O.NC(Cc1ccc(O)cc1)C(=O)O.NCC(=O)O.NCCCCC(N)C(=O)O. The van der Waals surface area contributed by atoms with Crippen molar-refractivity contribution in [3.63, 3.8) is 0 Å². The highest BCUT2D eigenvalue weighted by atomic mass is 16.4. The van der Waals surface area contributed by atoms with Crippen LogP contribution in [-0.4, -0.2) is 213 Å². The van der Waals surface area contributed by atoms with E-state index in [4.69, 9.17) is 129 Å². The molecule has 36 heteroatoms. The van der Waals surface area contributed by atoms with Crippen LogP contribution in [0.1, 0.15) is 91.5 Å². The zero-order valence-electron chi connectivity index (χ0n) is 46.6. The molecule has 0 heterocycles. The van der Waals surface area contributed by atoms with Crippen LogP contribution in [0.2, 0.25) is 0 Å². The number of carboxylic acids is 10. The average Bonchev–Trinajstić information content (AvgIpc) is 3.35. The number of rotatable bonds is 27. The molecule has 1 aromatic carbocycles. The first-order valence-electron chi connectivity index (χ1n) is 24.3. The number of aliphatic carboxylic acids is 10. The fourth-order valence-electron chi connectivity index (χ4n) is 4.05. The van der Waals surface area contributed by atoms with Crippen LogP contribution in [0.3, 0.4) is 0 Å². The van der Waals surface area contributed by atoms with Crippen LogP contribution >= 0.6 is 0 Å². The summed E-state index contributed by atoms with van der Waals surface area (Å²) >= 11 is 0. The molecule has 1 rings (SSSR count). The van der Waals surface area contributed by atoms with Crippen LogP contribution in [-0.2, 0) is 54.4 Å². The second-order valence-corrected chi connectivity index (χ2v) is 17.5. The minimum Gasteiger partial charge on any atom is -0.508 e. The molecule has 0 saturated carbocycles. The van der Waals surface area contributed by atoms with Crippen LogP contribution in [0.15, 0.2) is 24.3 Å². The molecule has 9 unspecified atom stereocenters. The van der Waals surface area contributed by atoms with Crippen molar-refractivity contribution in [2.45, 2.75) is 147 Å². The van der Waals surface area contributed by atoms with Crippen molar-refractivity contribution in [2.75, 3.05) is 26.2 Å². The number of aliphatic hydroxyl groups is 2. The Kier molecular flexibility index (Phi) is 63.0. The Morgan fingerprint density at radius 3 is 1.04 bits per heavy atom. The summed E-state index contributed by atoms with van der Waals surface area (Å²) in [5.74, 6) is -9.84. The highest BCUT2D eigenvalue weighted by Crippen LogP contribution is 2.11. The van der Waals surface area contributed by atoms with Crippen molar-refractivity contribution in [2.24, 2.45) is 74.9 Å². The van der Waals surface area contributed by atoms with E-state index in [-0.39, 0.29) is 24.7 Å². The molecule has 0 radical (unpaired) electrons. The molecular weight excluding hydrogens is 1100 g/mol. The van der Waals surface area contributed by atoms with Gasteiger partial charge in [0.15, 0.2) is 5.96 Å². The molecule has 0 aliphatic rings. The number of hydrogen-bond donors (Lipinski definition) is 26. The molecule has 82 heavy (non-hydrogen) atoms. The third-order valence-corrected chi connectivity index (χ3v) is 8.61. The van der Waals surface area contributed by atoms with Crippen LogP contribution in [0.25, 0.3) is 0 Å². The maximum atomic E-state index is 10.4. The lowest BCUT2D eigenvalue weighted by molar-refractivity contribution is -0.144. The smallest absolute Gasteiger partial charge is 0.323 e. The summed E-state index contributed by atoms with van der Waals surface area (Å²) < 4.78 is 0. The van der Waals surface area contributed by atoms with Crippen LogP contribution in [0.4, 0.5) is 0 Å². The van der Waals surface area contributed by atoms with Gasteiger partial charge in [-0.05, 0) is 87.9 Å². The number of nitrogens with one attached hydrogen (secondary N) is 2. The minimum absolute atomic E-state index is 0.112. The average molecular weight is 1200 g/mol. The number of carboxylic acid groups (broad SMARTS) is 10. The topological polar surface area (TPSA) is 756 Å². The van der Waals surface area contributed by atoms with Gasteiger partial charge in [0.05, 0.1) is 25.7 Å². The lowest BCUT2D eigenvalue weighted by Crippen LogP contribution is -2.39. The number of hydrogen-bond acceptors (Lipinski definition) is 24. The number of benzene rings is 1. The summed E-state index contributed by atoms with van der Waals surface area (Å²) in [7, 11) is 0. The molecule has 0 aromatic heterocycles. The van der Waals surface area contributed by atoms with Gasteiger partial charge in [-0.2, -0.15) is 0 Å². The number of phenols is 1. The first-order chi connectivity index (χ1) is 37.4. The summed E-state index contributed by atoms with van der Waals surface area (Å²) in [5, 5.41) is 116. The fourth-order valence-corrected chi connectivity index (χ4v) is 4.05. The Labute approximate surface area is 473 Å². The monoisotopic (exact) mass is 1200 g/mol. The van der Waals surface area contributed by atoms with Gasteiger partial charge in [0.2, 0.25) is 0 Å². The highest BCUT2D eigenvalue weighted by Gasteiger charge is 2.17. The summed E-state index contributed by atoms with van der Waals surface area (Å²) in [6.45, 7) is 9.42. The maximum Gasteiger partial charge on any atom is 0.323 e. The molecule has 0 saturated heterocycles. The number of carbonyl (C=O) groups is 10. The number of nitrogens with two attached hydrogens (primary N) is 11. The van der Waals surface area contributed by atoms with E-state index in [1.165, 1.54) is 19.1 Å². The lowest BCUT2D eigenvalue weighted by Gasteiger charge is -2.07. The summed E-state index contributed by atoms with van der Waals surface area (Å²) in [6.07, 6.45) is 3.00. The normalized spacial score (nSPS) is 13.0. The maximum absolute atomic E-state index is 10.4. The van der Waals surface area contributed by atoms with Crippen molar-refractivity contribution >= 4 is 65.7 Å². The van der Waals surface area contributed by atoms with E-state index in [2.05, 4.69) is 11.1 Å². The number of aliphatic hydroxyl groups excluding tert-OH is 2. The third kappa shape index (κ3) is 74.6. The van der Waals surface area contributed by atoms with Gasteiger partial charge in [-0.25, -0.2) is 0 Å². The Balaban J connectivity index is -0.000000127. The Bertz CT molecular complexity index is 1910. The van der Waals surface area contributed by atoms with Crippen LogP contribution < -0.4 is 68.4 Å². The summed E-state index contributed by atoms with van der Waals surface area (Å²) in [6, 6.07) is -1.06. The number of aromatic hydroxyl groups is 1. The first-order valence-corrected chi connectivity index (χ1v) is 24.3. The molecule has 0 fully saturated rings. The highest BCUT2D eigenvalue weighted by molar-refractivity contribution is 5.80. The zero-order valence-corrected chi connectivity index (χ0v) is 46.6. The lowest BCUT2D eigenvalue weighted by atomic mass is 10.1. The Hall–Kier alpha value is -7.49. The number of guanidine groups is 1. The van der Waals surface area contributed by atoms with E-state index < -0.39 is 127 Å². The summed E-state index contributed by atoms with van der Waals surface area (Å²) in [4.78, 5) is 99.3. The molecule has 0 aliphatic heterocycles. The molecule has 36 nitrogen and oxygen atoms in total. The van der Waals surface area contributed by atoms with E-state index in [1.54, 1.807) is 12.1 Å². The zero-order chi connectivity index (χ0) is 66.6. The van der Waals surface area contributed by atoms with E-state index in [0.29, 0.717) is 57.0 Å². The van der Waals surface area contributed by atoms with Gasteiger partial charge in [0.25, 0.3) is 0 Å². The van der Waals surface area contributed by atoms with Crippen molar-refractivity contribution in [3.05, 3.63) is 29.8 Å². The van der Waals surface area contributed by atoms with Gasteiger partial charge in [0.1, 0.15) is 54.1 Å². The number of phenolic OH excluding ortho intramolecular Hbond substituents is 1. The summed E-state index contributed by atoms with van der Waals surface area (Å²) in [5.41, 5.74) is 56.3. The van der Waals surface area contributed by atoms with Gasteiger partial charge in [0, 0.05) is 6.54 Å². The molecule has 9 atom stereocenters. The van der Waals surface area contributed by atoms with Gasteiger partial charge >= 0.3 is 59.7 Å². The predicted octanol–water partition coefficient (Wildman–Crippen LogP) is -5.50. The van der Waals surface area contributed by atoms with Gasteiger partial charge in [-0.3, -0.25) is 53.4 Å². The largest absolute Gasteiger partial charge is 0.508 e.